The van der Waals surface area contributed by atoms with Gasteiger partial charge in [-0.2, -0.15) is 0 Å². The summed E-state index contributed by atoms with van der Waals surface area (Å²) >= 11 is 5.67. The Kier molecular flexibility index (Phi) is 8.34. The predicted molar refractivity (Wildman–Crippen MR) is 77.7 cm³/mol. The predicted octanol–water partition coefficient (Wildman–Crippen LogP) is 3.12. The number of nitro benzene ring substituents is 1. The normalized spacial score (nSPS) is 9.57. The van der Waals surface area contributed by atoms with Crippen LogP contribution in [0.4, 0.5) is 5.69 Å². The lowest BCUT2D eigenvalue weighted by Gasteiger charge is -2.09. The number of carboxylic acid groups (broad SMARTS) is 1. The van der Waals surface area contributed by atoms with Crippen molar-refractivity contribution in [3.63, 3.8) is 0 Å². The number of nitrogens with zero attached hydrogens (tertiary/aromatic N) is 1. The van der Waals surface area contributed by atoms with E-state index in [1.165, 1.54) is 12.1 Å². The molecule has 0 bridgehead atoms. The van der Waals surface area contributed by atoms with E-state index in [9.17, 15) is 19.7 Å². The van der Waals surface area contributed by atoms with Crippen LogP contribution in [0.25, 0.3) is 0 Å². The number of ether oxygens (including phenoxy) is 1. The van der Waals surface area contributed by atoms with E-state index < -0.39 is 16.6 Å². The van der Waals surface area contributed by atoms with Crippen molar-refractivity contribution in [3.05, 3.63) is 32.8 Å². The maximum Gasteiger partial charge on any atom is 0.303 e. The maximum absolute atomic E-state index is 11.0. The van der Waals surface area contributed by atoms with Crippen LogP contribution in [0.5, 0.6) is 5.75 Å². The molecule has 9 heteroatoms. The number of carbonyl (C=O) groups is 2. The minimum atomic E-state index is -0.902. The molecule has 0 amide bonds. The largest absolute Gasteiger partial charge is 0.493 e. The highest BCUT2D eigenvalue weighted by Crippen LogP contribution is 2.33. The molecule has 0 heterocycles. The summed E-state index contributed by atoms with van der Waals surface area (Å²) in [5, 5.41) is 19.2. The fraction of sp³-hybridized carbons (Fsp3) is 0.333. The molecule has 21 heavy (non-hydrogen) atoms. The van der Waals surface area contributed by atoms with Crippen molar-refractivity contribution in [2.75, 3.05) is 6.61 Å². The van der Waals surface area contributed by atoms with Crippen molar-refractivity contribution in [2.24, 2.45) is 0 Å². The molecule has 0 aliphatic rings. The van der Waals surface area contributed by atoms with Crippen molar-refractivity contribution in [1.29, 1.82) is 0 Å². The number of benzene rings is 1. The summed E-state index contributed by atoms with van der Waals surface area (Å²) in [6.07, 6.45) is 1.21. The number of nitro groups is 1. The molecule has 1 aromatic rings. The van der Waals surface area contributed by atoms with Gasteiger partial charge in [0.2, 0.25) is 0 Å². The lowest BCUT2D eigenvalue weighted by molar-refractivity contribution is -0.385. The number of hydrogen-bond donors (Lipinski definition) is 1. The summed E-state index contributed by atoms with van der Waals surface area (Å²) in [4.78, 5) is 31.4. The Balaban J connectivity index is 0.00000400. The van der Waals surface area contributed by atoms with Crippen LogP contribution in [0.3, 0.4) is 0 Å². The molecule has 116 valence electrons. The molecule has 0 aromatic heterocycles. The van der Waals surface area contributed by atoms with E-state index in [-0.39, 0.29) is 41.8 Å². The molecule has 0 fully saturated rings. The molecule has 0 atom stereocenters. The van der Waals surface area contributed by atoms with Crippen LogP contribution in [0.15, 0.2) is 12.1 Å². The SMILES string of the molecule is Cl.O=Cc1c(OCCCCC(=O)O)ccc(Cl)c1[N+](=O)[O-]. The average Bonchev–Trinajstić information content (AvgIpc) is 2.38. The molecule has 7 nitrogen and oxygen atoms in total. The number of carbonyl (C=O) groups excluding carboxylic acids is 1. The van der Waals surface area contributed by atoms with Gasteiger partial charge < -0.3 is 9.84 Å². The fourth-order valence-corrected chi connectivity index (χ4v) is 1.78. The van der Waals surface area contributed by atoms with Crippen LogP contribution in [0.2, 0.25) is 5.02 Å². The second kappa shape index (κ2) is 9.15. The van der Waals surface area contributed by atoms with E-state index in [4.69, 9.17) is 21.4 Å². The van der Waals surface area contributed by atoms with Crippen LogP contribution in [-0.4, -0.2) is 28.9 Å². The third kappa shape index (κ3) is 5.57. The van der Waals surface area contributed by atoms with Gasteiger partial charge in [-0.05, 0) is 25.0 Å². The smallest absolute Gasteiger partial charge is 0.303 e. The standard InChI is InChI=1S/C12H12ClNO6.ClH/c13-9-4-5-10(8(7-15)12(9)14(18)19)20-6-2-1-3-11(16)17;/h4-5,7H,1-3,6H2,(H,16,17);1H. The van der Waals surface area contributed by atoms with Crippen molar-refractivity contribution in [3.8, 4) is 5.75 Å². The van der Waals surface area contributed by atoms with Gasteiger partial charge in [0.1, 0.15) is 16.3 Å². The third-order valence-electron chi connectivity index (χ3n) is 2.47. The molecule has 1 N–H and O–H groups in total. The Morgan fingerprint density at radius 2 is 2.10 bits per heavy atom. The van der Waals surface area contributed by atoms with Crippen molar-refractivity contribution in [1.82, 2.24) is 0 Å². The lowest BCUT2D eigenvalue weighted by Crippen LogP contribution is -2.04. The number of aldehydes is 1. The second-order valence-corrected chi connectivity index (χ2v) is 4.29. The molecule has 0 aliphatic heterocycles. The summed E-state index contributed by atoms with van der Waals surface area (Å²) in [6, 6.07) is 2.65. The minimum absolute atomic E-state index is 0. The van der Waals surface area contributed by atoms with Crippen LogP contribution in [0, 0.1) is 10.1 Å². The van der Waals surface area contributed by atoms with Gasteiger partial charge in [0.05, 0.1) is 11.5 Å². The van der Waals surface area contributed by atoms with Crippen LogP contribution >= 0.6 is 24.0 Å². The van der Waals surface area contributed by atoms with Crippen molar-refractivity contribution < 1.29 is 24.4 Å². The molecular weight excluding hydrogens is 325 g/mol. The van der Waals surface area contributed by atoms with Crippen LogP contribution in [-0.2, 0) is 4.79 Å². The molecule has 0 saturated heterocycles. The highest BCUT2D eigenvalue weighted by Gasteiger charge is 2.22. The number of rotatable bonds is 8. The van der Waals surface area contributed by atoms with E-state index in [2.05, 4.69) is 0 Å². The Morgan fingerprint density at radius 1 is 1.43 bits per heavy atom. The molecule has 0 saturated carbocycles. The first kappa shape index (κ1) is 19.1. The zero-order valence-corrected chi connectivity index (χ0v) is 12.4. The Morgan fingerprint density at radius 3 is 2.62 bits per heavy atom. The zero-order valence-electron chi connectivity index (χ0n) is 10.8. The summed E-state index contributed by atoms with van der Waals surface area (Å²) in [7, 11) is 0. The number of halogens is 2. The first-order valence-electron chi connectivity index (χ1n) is 5.74. The van der Waals surface area contributed by atoms with E-state index in [0.717, 1.165) is 0 Å². The number of carboxylic acids is 1. The van der Waals surface area contributed by atoms with Crippen LogP contribution in [0.1, 0.15) is 29.6 Å². The summed E-state index contributed by atoms with van der Waals surface area (Å²) in [5.41, 5.74) is -0.717. The molecule has 1 rings (SSSR count). The van der Waals surface area contributed by atoms with Gasteiger partial charge in [0, 0.05) is 6.42 Å². The third-order valence-corrected chi connectivity index (χ3v) is 2.78. The van der Waals surface area contributed by atoms with Gasteiger partial charge in [-0.3, -0.25) is 19.7 Å². The minimum Gasteiger partial charge on any atom is -0.493 e. The van der Waals surface area contributed by atoms with Gasteiger partial charge in [0.25, 0.3) is 0 Å². The average molecular weight is 338 g/mol. The van der Waals surface area contributed by atoms with Crippen LogP contribution < -0.4 is 4.74 Å². The number of aliphatic carboxylic acids is 1. The van der Waals surface area contributed by atoms with E-state index >= 15 is 0 Å². The zero-order chi connectivity index (χ0) is 15.1. The maximum atomic E-state index is 11.0. The fourth-order valence-electron chi connectivity index (χ4n) is 1.55. The van der Waals surface area contributed by atoms with Gasteiger partial charge in [-0.15, -0.1) is 12.4 Å². The number of unbranched alkanes of at least 4 members (excludes halogenated alkanes) is 1. The molecule has 0 aliphatic carbocycles. The molecular formula is C12H13Cl2NO6. The summed E-state index contributed by atoms with van der Waals surface area (Å²) < 4.78 is 5.27. The lowest BCUT2D eigenvalue weighted by atomic mass is 10.1. The molecule has 0 spiro atoms. The van der Waals surface area contributed by atoms with Gasteiger partial charge in [0.15, 0.2) is 6.29 Å². The Bertz CT molecular complexity index is 535. The van der Waals surface area contributed by atoms with E-state index in [0.29, 0.717) is 19.1 Å². The highest BCUT2D eigenvalue weighted by molar-refractivity contribution is 6.33. The summed E-state index contributed by atoms with van der Waals surface area (Å²) in [6.45, 7) is 0.160. The summed E-state index contributed by atoms with van der Waals surface area (Å²) in [5.74, 6) is -0.841. The second-order valence-electron chi connectivity index (χ2n) is 3.88. The van der Waals surface area contributed by atoms with Gasteiger partial charge >= 0.3 is 11.7 Å². The topological polar surface area (TPSA) is 107 Å². The Hall–Kier alpha value is -1.86. The first-order valence-corrected chi connectivity index (χ1v) is 6.11. The first-order chi connectivity index (χ1) is 9.47. The highest BCUT2D eigenvalue weighted by atomic mass is 35.5. The molecule has 1 aromatic carbocycles. The van der Waals surface area contributed by atoms with Crippen molar-refractivity contribution >= 4 is 42.0 Å². The monoisotopic (exact) mass is 337 g/mol. The van der Waals surface area contributed by atoms with Gasteiger partial charge in [-0.1, -0.05) is 11.6 Å². The van der Waals surface area contributed by atoms with Gasteiger partial charge in [-0.25, -0.2) is 0 Å². The van der Waals surface area contributed by atoms with E-state index in [1.807, 2.05) is 0 Å². The van der Waals surface area contributed by atoms with E-state index in [1.54, 1.807) is 0 Å². The molecule has 0 radical (unpaired) electrons. The quantitative estimate of drug-likeness (QED) is 0.338. The molecule has 0 unspecified atom stereocenters. The Labute approximate surface area is 131 Å². The number of hydrogen-bond acceptors (Lipinski definition) is 5. The van der Waals surface area contributed by atoms with Crippen molar-refractivity contribution in [2.45, 2.75) is 19.3 Å².